The second-order valence-electron chi connectivity index (χ2n) is 4.65. The quantitative estimate of drug-likeness (QED) is 0.707. The van der Waals surface area contributed by atoms with Crippen LogP contribution in [0.1, 0.15) is 33.1 Å². The Kier molecular flexibility index (Phi) is 3.58. The van der Waals surface area contributed by atoms with Crippen LogP contribution in [0.5, 0.6) is 0 Å². The molecular weight excluding hydrogens is 198 g/mol. The maximum atomic E-state index is 11.6. The second-order valence-corrected chi connectivity index (χ2v) is 7.06. The lowest BCUT2D eigenvalue weighted by Crippen LogP contribution is -2.55. The Morgan fingerprint density at radius 3 is 2.36 bits per heavy atom. The highest BCUT2D eigenvalue weighted by atomic mass is 32.2. The molecule has 0 spiro atoms. The topological polar surface area (TPSA) is 46.2 Å². The number of nitrogens with one attached hydrogen (secondary N) is 1. The van der Waals surface area contributed by atoms with Crippen LogP contribution >= 0.6 is 0 Å². The zero-order valence-corrected chi connectivity index (χ0v) is 10.2. The van der Waals surface area contributed by atoms with Gasteiger partial charge in [-0.1, -0.05) is 13.8 Å². The molecule has 0 aliphatic heterocycles. The summed E-state index contributed by atoms with van der Waals surface area (Å²) in [4.78, 5) is 0. The second kappa shape index (κ2) is 4.19. The van der Waals surface area contributed by atoms with Gasteiger partial charge in [0, 0.05) is 12.8 Å². The maximum absolute atomic E-state index is 11.6. The summed E-state index contributed by atoms with van der Waals surface area (Å²) in [5.41, 5.74) is 0. The van der Waals surface area contributed by atoms with Gasteiger partial charge >= 0.3 is 0 Å². The van der Waals surface area contributed by atoms with Gasteiger partial charge in [0.2, 0.25) is 0 Å². The highest BCUT2D eigenvalue weighted by molar-refractivity contribution is 7.92. The third-order valence-electron chi connectivity index (χ3n) is 3.10. The van der Waals surface area contributed by atoms with E-state index in [0.717, 1.165) is 25.8 Å². The van der Waals surface area contributed by atoms with Crippen molar-refractivity contribution in [3.05, 3.63) is 0 Å². The Hall–Kier alpha value is -0.0900. The molecule has 0 bridgehead atoms. The van der Waals surface area contributed by atoms with Gasteiger partial charge in [-0.05, 0) is 31.7 Å². The van der Waals surface area contributed by atoms with E-state index in [4.69, 9.17) is 0 Å². The highest BCUT2D eigenvalue weighted by Crippen LogP contribution is 2.42. The molecule has 1 rings (SSSR count). The smallest absolute Gasteiger partial charge is 0.154 e. The van der Waals surface area contributed by atoms with Gasteiger partial charge in [0.15, 0.2) is 9.84 Å². The van der Waals surface area contributed by atoms with Gasteiger partial charge in [-0.15, -0.1) is 0 Å². The third-order valence-corrected chi connectivity index (χ3v) is 5.15. The zero-order valence-electron chi connectivity index (χ0n) is 9.34. The summed E-state index contributed by atoms with van der Waals surface area (Å²) >= 11 is 0. The van der Waals surface area contributed by atoms with Gasteiger partial charge in [-0.25, -0.2) is 8.42 Å². The molecular formula is C10H21NO2S. The molecule has 0 aromatic heterocycles. The van der Waals surface area contributed by atoms with E-state index in [0.29, 0.717) is 12.5 Å². The predicted octanol–water partition coefficient (Wildman–Crippen LogP) is 1.20. The Bertz CT molecular complexity index is 278. The average Bonchev–Trinajstić information content (AvgIpc) is 1.99. The standard InChI is InChI=1S/C10H21NO2S/c1-4-5-11-8-10(14(3,12)13)6-9(2)7-10/h9,11H,4-8H2,1-3H3. The van der Waals surface area contributed by atoms with Crippen molar-refractivity contribution in [2.24, 2.45) is 5.92 Å². The Morgan fingerprint density at radius 2 is 2.00 bits per heavy atom. The molecule has 3 nitrogen and oxygen atoms in total. The maximum Gasteiger partial charge on any atom is 0.154 e. The molecule has 1 saturated carbocycles. The summed E-state index contributed by atoms with van der Waals surface area (Å²) in [7, 11) is -2.90. The van der Waals surface area contributed by atoms with E-state index in [1.165, 1.54) is 6.26 Å². The van der Waals surface area contributed by atoms with Crippen LogP contribution in [-0.4, -0.2) is 32.5 Å². The van der Waals surface area contributed by atoms with Crippen molar-refractivity contribution >= 4 is 9.84 Å². The van der Waals surface area contributed by atoms with Crippen molar-refractivity contribution in [1.29, 1.82) is 0 Å². The molecule has 14 heavy (non-hydrogen) atoms. The lowest BCUT2D eigenvalue weighted by Gasteiger charge is -2.45. The molecule has 0 unspecified atom stereocenters. The minimum Gasteiger partial charge on any atom is -0.315 e. The lowest BCUT2D eigenvalue weighted by molar-refractivity contribution is 0.230. The van der Waals surface area contributed by atoms with Crippen molar-refractivity contribution in [3.8, 4) is 0 Å². The van der Waals surface area contributed by atoms with Gasteiger partial charge < -0.3 is 5.32 Å². The summed E-state index contributed by atoms with van der Waals surface area (Å²) < 4.78 is 22.8. The molecule has 84 valence electrons. The number of hydrogen-bond acceptors (Lipinski definition) is 3. The Morgan fingerprint density at radius 1 is 1.43 bits per heavy atom. The van der Waals surface area contributed by atoms with Gasteiger partial charge in [-0.2, -0.15) is 0 Å². The normalized spacial score (nSPS) is 32.6. The van der Waals surface area contributed by atoms with Crippen molar-refractivity contribution < 1.29 is 8.42 Å². The first kappa shape index (κ1) is 12.0. The Labute approximate surface area is 87.2 Å². The summed E-state index contributed by atoms with van der Waals surface area (Å²) in [5.74, 6) is 0.563. The fourth-order valence-corrected chi connectivity index (χ4v) is 3.82. The SMILES string of the molecule is CCCNCC1(S(C)(=O)=O)CC(C)C1. The van der Waals surface area contributed by atoms with Gasteiger partial charge in [-0.3, -0.25) is 0 Å². The monoisotopic (exact) mass is 219 g/mol. The molecule has 0 atom stereocenters. The first-order valence-corrected chi connectivity index (χ1v) is 7.21. The summed E-state index contributed by atoms with van der Waals surface area (Å²) in [6.45, 7) is 5.74. The van der Waals surface area contributed by atoms with Crippen LogP contribution < -0.4 is 5.32 Å². The molecule has 1 aliphatic carbocycles. The van der Waals surface area contributed by atoms with Crippen LogP contribution in [0, 0.1) is 5.92 Å². The van der Waals surface area contributed by atoms with Crippen LogP contribution in [0.25, 0.3) is 0 Å². The molecule has 0 aromatic rings. The van der Waals surface area contributed by atoms with Crippen LogP contribution in [0.15, 0.2) is 0 Å². The molecule has 0 radical (unpaired) electrons. The van der Waals surface area contributed by atoms with Crippen molar-refractivity contribution in [2.45, 2.75) is 37.9 Å². The molecule has 0 heterocycles. The van der Waals surface area contributed by atoms with Gasteiger partial charge in [0.05, 0.1) is 4.75 Å². The van der Waals surface area contributed by atoms with E-state index in [9.17, 15) is 8.42 Å². The molecule has 1 fully saturated rings. The Balaban J connectivity index is 2.57. The number of sulfone groups is 1. The highest BCUT2D eigenvalue weighted by Gasteiger charge is 2.49. The van der Waals surface area contributed by atoms with E-state index in [1.807, 2.05) is 0 Å². The largest absolute Gasteiger partial charge is 0.315 e. The van der Waals surface area contributed by atoms with Crippen molar-refractivity contribution in [2.75, 3.05) is 19.3 Å². The van der Waals surface area contributed by atoms with Crippen LogP contribution in [-0.2, 0) is 9.84 Å². The van der Waals surface area contributed by atoms with E-state index in [2.05, 4.69) is 19.2 Å². The fraction of sp³-hybridized carbons (Fsp3) is 1.00. The summed E-state index contributed by atoms with van der Waals surface area (Å²) in [6.07, 6.45) is 4.06. The third kappa shape index (κ3) is 2.28. The van der Waals surface area contributed by atoms with E-state index in [-0.39, 0.29) is 0 Å². The molecule has 1 N–H and O–H groups in total. The number of hydrogen-bond donors (Lipinski definition) is 1. The molecule has 0 aromatic carbocycles. The number of rotatable bonds is 5. The lowest BCUT2D eigenvalue weighted by atomic mass is 9.75. The van der Waals surface area contributed by atoms with Crippen LogP contribution in [0.3, 0.4) is 0 Å². The van der Waals surface area contributed by atoms with Crippen molar-refractivity contribution in [3.63, 3.8) is 0 Å². The van der Waals surface area contributed by atoms with Gasteiger partial charge in [0.1, 0.15) is 0 Å². The predicted molar refractivity (Wildman–Crippen MR) is 59.1 cm³/mol. The zero-order chi connectivity index (χ0) is 10.8. The summed E-state index contributed by atoms with van der Waals surface area (Å²) in [6, 6.07) is 0. The molecule has 0 amide bonds. The molecule has 0 saturated heterocycles. The van der Waals surface area contributed by atoms with E-state index < -0.39 is 14.6 Å². The van der Waals surface area contributed by atoms with Crippen molar-refractivity contribution in [1.82, 2.24) is 5.32 Å². The first-order chi connectivity index (χ1) is 6.41. The average molecular weight is 219 g/mol. The fourth-order valence-electron chi connectivity index (χ4n) is 2.28. The summed E-state index contributed by atoms with van der Waals surface area (Å²) in [5, 5.41) is 3.23. The first-order valence-electron chi connectivity index (χ1n) is 5.31. The van der Waals surface area contributed by atoms with E-state index >= 15 is 0 Å². The minimum atomic E-state index is -2.90. The molecule has 4 heteroatoms. The molecule has 1 aliphatic rings. The van der Waals surface area contributed by atoms with Crippen LogP contribution in [0.4, 0.5) is 0 Å². The van der Waals surface area contributed by atoms with Crippen LogP contribution in [0.2, 0.25) is 0 Å². The van der Waals surface area contributed by atoms with Gasteiger partial charge in [0.25, 0.3) is 0 Å². The minimum absolute atomic E-state index is 0.457. The van der Waals surface area contributed by atoms with E-state index in [1.54, 1.807) is 0 Å².